The number of rotatable bonds is 5. The van der Waals surface area contributed by atoms with E-state index in [4.69, 9.17) is 4.74 Å². The minimum atomic E-state index is -0.207. The zero-order chi connectivity index (χ0) is 14.4. The number of benzene rings is 1. The van der Waals surface area contributed by atoms with Gasteiger partial charge in [-0.05, 0) is 36.1 Å². The molecular weight excluding hydrogens is 240 g/mol. The van der Waals surface area contributed by atoms with Crippen LogP contribution in [-0.2, 0) is 0 Å². The van der Waals surface area contributed by atoms with Gasteiger partial charge < -0.3 is 4.74 Å². The number of methoxy groups -OCH3 is 1. The smallest absolute Gasteiger partial charge is 0.271 e. The van der Waals surface area contributed by atoms with E-state index in [0.29, 0.717) is 17.4 Å². The van der Waals surface area contributed by atoms with Crippen LogP contribution < -0.4 is 10.2 Å². The topological polar surface area (TPSA) is 50.7 Å². The molecule has 0 spiro atoms. The number of hydrogen-bond acceptors (Lipinski definition) is 3. The third kappa shape index (κ3) is 4.39. The Labute approximate surface area is 114 Å². The van der Waals surface area contributed by atoms with Gasteiger partial charge in [0.2, 0.25) is 0 Å². The molecule has 1 N–H and O–H groups in total. The largest absolute Gasteiger partial charge is 0.497 e. The normalized spacial score (nSPS) is 10.5. The average Bonchev–Trinajstić information content (AvgIpc) is 2.38. The Kier molecular flexibility index (Phi) is 5.55. The third-order valence-electron chi connectivity index (χ3n) is 2.82. The summed E-state index contributed by atoms with van der Waals surface area (Å²) in [5.74, 6) is 1.15. The number of carbonyl (C=O) groups excluding carboxylic acids is 1. The lowest BCUT2D eigenvalue weighted by atomic mass is 9.98. The van der Waals surface area contributed by atoms with Crippen LogP contribution in [0.15, 0.2) is 29.4 Å². The van der Waals surface area contributed by atoms with Crippen LogP contribution in [0.2, 0.25) is 0 Å². The van der Waals surface area contributed by atoms with Crippen molar-refractivity contribution in [1.29, 1.82) is 0 Å². The number of carbonyl (C=O) groups is 1. The first-order valence-electron chi connectivity index (χ1n) is 6.47. The highest BCUT2D eigenvalue weighted by molar-refractivity contribution is 5.96. The van der Waals surface area contributed by atoms with Gasteiger partial charge in [-0.15, -0.1) is 0 Å². The van der Waals surface area contributed by atoms with E-state index in [1.807, 2.05) is 0 Å². The quantitative estimate of drug-likeness (QED) is 0.655. The van der Waals surface area contributed by atoms with Crippen molar-refractivity contribution in [2.75, 3.05) is 7.11 Å². The van der Waals surface area contributed by atoms with Crippen LogP contribution in [0.3, 0.4) is 0 Å². The highest BCUT2D eigenvalue weighted by Crippen LogP contribution is 2.11. The lowest BCUT2D eigenvalue weighted by Gasteiger charge is -2.13. The lowest BCUT2D eigenvalue weighted by Crippen LogP contribution is -2.24. The maximum Gasteiger partial charge on any atom is 0.271 e. The number of nitrogens with one attached hydrogen (secondary N) is 1. The van der Waals surface area contributed by atoms with Crippen LogP contribution in [0.1, 0.15) is 38.1 Å². The van der Waals surface area contributed by atoms with E-state index in [1.165, 1.54) is 0 Å². The van der Waals surface area contributed by atoms with E-state index in [1.54, 1.807) is 31.4 Å². The van der Waals surface area contributed by atoms with Crippen molar-refractivity contribution in [3.8, 4) is 5.75 Å². The zero-order valence-corrected chi connectivity index (χ0v) is 12.2. The number of hydrazone groups is 1. The van der Waals surface area contributed by atoms with Gasteiger partial charge in [-0.2, -0.15) is 5.10 Å². The second kappa shape index (κ2) is 6.92. The molecule has 4 heteroatoms. The van der Waals surface area contributed by atoms with Crippen molar-refractivity contribution in [2.45, 2.75) is 27.7 Å². The molecule has 4 nitrogen and oxygen atoms in total. The monoisotopic (exact) mass is 262 g/mol. The highest BCUT2D eigenvalue weighted by Gasteiger charge is 2.11. The first kappa shape index (κ1) is 15.2. The molecule has 0 saturated heterocycles. The van der Waals surface area contributed by atoms with E-state index < -0.39 is 0 Å². The van der Waals surface area contributed by atoms with E-state index in [9.17, 15) is 4.79 Å². The summed E-state index contributed by atoms with van der Waals surface area (Å²) >= 11 is 0. The minimum Gasteiger partial charge on any atom is -0.497 e. The Morgan fingerprint density at radius 1 is 1.11 bits per heavy atom. The van der Waals surface area contributed by atoms with E-state index in [2.05, 4.69) is 38.2 Å². The van der Waals surface area contributed by atoms with Crippen molar-refractivity contribution in [3.63, 3.8) is 0 Å². The number of ether oxygens (including phenoxy) is 1. The van der Waals surface area contributed by atoms with Crippen molar-refractivity contribution >= 4 is 11.6 Å². The predicted molar refractivity (Wildman–Crippen MR) is 77.6 cm³/mol. The van der Waals surface area contributed by atoms with Gasteiger partial charge in [0.25, 0.3) is 5.91 Å². The van der Waals surface area contributed by atoms with Crippen molar-refractivity contribution in [2.24, 2.45) is 16.9 Å². The predicted octanol–water partition coefficient (Wildman–Crippen LogP) is 3.09. The summed E-state index contributed by atoms with van der Waals surface area (Å²) in [6, 6.07) is 6.94. The molecule has 1 aromatic carbocycles. The minimum absolute atomic E-state index is 0.207. The maximum atomic E-state index is 11.9. The van der Waals surface area contributed by atoms with E-state index in [-0.39, 0.29) is 5.91 Å². The van der Waals surface area contributed by atoms with E-state index >= 15 is 0 Å². The van der Waals surface area contributed by atoms with Crippen molar-refractivity contribution in [1.82, 2.24) is 5.43 Å². The van der Waals surface area contributed by atoms with E-state index in [0.717, 1.165) is 11.5 Å². The maximum absolute atomic E-state index is 11.9. The van der Waals surface area contributed by atoms with Gasteiger partial charge in [0.05, 0.1) is 7.11 Å². The summed E-state index contributed by atoms with van der Waals surface area (Å²) in [6.45, 7) is 8.27. The van der Waals surface area contributed by atoms with Crippen LogP contribution in [0.25, 0.3) is 0 Å². The molecule has 0 saturated carbocycles. The Morgan fingerprint density at radius 3 is 2.05 bits per heavy atom. The van der Waals surface area contributed by atoms with Crippen LogP contribution in [0.4, 0.5) is 0 Å². The Hall–Kier alpha value is -1.84. The summed E-state index contributed by atoms with van der Waals surface area (Å²) in [6.07, 6.45) is 0. The molecule has 0 heterocycles. The summed E-state index contributed by atoms with van der Waals surface area (Å²) < 4.78 is 5.05. The molecule has 0 aromatic heterocycles. The molecular formula is C15H22N2O2. The van der Waals surface area contributed by atoms with Gasteiger partial charge in [-0.1, -0.05) is 27.7 Å². The Bertz CT molecular complexity index is 438. The summed E-state index contributed by atoms with van der Waals surface area (Å²) in [5.41, 5.74) is 4.16. The average molecular weight is 262 g/mol. The molecule has 1 rings (SSSR count). The second-order valence-electron chi connectivity index (χ2n) is 5.02. The van der Waals surface area contributed by atoms with Crippen molar-refractivity contribution < 1.29 is 9.53 Å². The number of nitrogens with zero attached hydrogens (tertiary/aromatic N) is 1. The summed E-state index contributed by atoms with van der Waals surface area (Å²) in [4.78, 5) is 11.9. The zero-order valence-electron chi connectivity index (χ0n) is 12.2. The SMILES string of the molecule is COc1ccc(C(=O)NN=C(C(C)C)C(C)C)cc1. The first-order chi connectivity index (χ1) is 8.95. The van der Waals surface area contributed by atoms with Gasteiger partial charge >= 0.3 is 0 Å². The van der Waals surface area contributed by atoms with Gasteiger partial charge in [-0.25, -0.2) is 5.43 Å². The second-order valence-corrected chi connectivity index (χ2v) is 5.02. The first-order valence-corrected chi connectivity index (χ1v) is 6.47. The fraction of sp³-hybridized carbons (Fsp3) is 0.467. The lowest BCUT2D eigenvalue weighted by molar-refractivity contribution is 0.0954. The van der Waals surface area contributed by atoms with Crippen LogP contribution in [0.5, 0.6) is 5.75 Å². The highest BCUT2D eigenvalue weighted by atomic mass is 16.5. The number of hydrogen-bond donors (Lipinski definition) is 1. The molecule has 0 bridgehead atoms. The standard InChI is InChI=1S/C15H22N2O2/c1-10(2)14(11(3)4)16-17-15(18)12-6-8-13(19-5)9-7-12/h6-11H,1-5H3,(H,17,18). The van der Waals surface area contributed by atoms with Gasteiger partial charge in [0, 0.05) is 11.3 Å². The van der Waals surface area contributed by atoms with Crippen LogP contribution in [0, 0.1) is 11.8 Å². The summed E-state index contributed by atoms with van der Waals surface area (Å²) in [7, 11) is 1.59. The fourth-order valence-electron chi connectivity index (χ4n) is 1.85. The molecule has 0 aliphatic heterocycles. The van der Waals surface area contributed by atoms with Crippen LogP contribution in [-0.4, -0.2) is 18.7 Å². The van der Waals surface area contributed by atoms with Gasteiger partial charge in [0.15, 0.2) is 0 Å². The van der Waals surface area contributed by atoms with Gasteiger partial charge in [-0.3, -0.25) is 4.79 Å². The van der Waals surface area contributed by atoms with Crippen LogP contribution >= 0.6 is 0 Å². The molecule has 1 amide bonds. The molecule has 0 radical (unpaired) electrons. The molecule has 0 fully saturated rings. The molecule has 19 heavy (non-hydrogen) atoms. The molecule has 1 aromatic rings. The molecule has 104 valence electrons. The molecule has 0 aliphatic rings. The Balaban J connectivity index is 2.75. The molecule has 0 atom stereocenters. The molecule has 0 unspecified atom stereocenters. The third-order valence-corrected chi connectivity index (χ3v) is 2.82. The van der Waals surface area contributed by atoms with Crippen molar-refractivity contribution in [3.05, 3.63) is 29.8 Å². The Morgan fingerprint density at radius 2 is 1.63 bits per heavy atom. The molecule has 0 aliphatic carbocycles. The fourth-order valence-corrected chi connectivity index (χ4v) is 1.85. The number of amides is 1. The van der Waals surface area contributed by atoms with Gasteiger partial charge in [0.1, 0.15) is 5.75 Å². The summed E-state index contributed by atoms with van der Waals surface area (Å²) in [5, 5.41) is 4.23.